The van der Waals surface area contributed by atoms with Gasteiger partial charge in [-0.15, -0.1) is 0 Å². The maximum Gasteiger partial charge on any atom is 0.0997 e. The van der Waals surface area contributed by atoms with Gasteiger partial charge in [-0.1, -0.05) is 42.5 Å². The minimum atomic E-state index is 0.537. The van der Waals surface area contributed by atoms with Crippen molar-refractivity contribution >= 4 is 17.2 Å². The van der Waals surface area contributed by atoms with Gasteiger partial charge in [0, 0.05) is 0 Å². The van der Waals surface area contributed by atoms with Crippen molar-refractivity contribution in [1.82, 2.24) is 5.48 Å². The SMILES string of the molecule is CC(=S)NOCc1ccccc1. The Morgan fingerprint density at radius 3 is 2.67 bits per heavy atom. The predicted molar refractivity (Wildman–Crippen MR) is 52.6 cm³/mol. The highest BCUT2D eigenvalue weighted by Gasteiger charge is 1.90. The predicted octanol–water partition coefficient (Wildman–Crippen LogP) is 2.06. The highest BCUT2D eigenvalue weighted by atomic mass is 32.1. The van der Waals surface area contributed by atoms with Crippen molar-refractivity contribution in [2.45, 2.75) is 13.5 Å². The fourth-order valence-electron chi connectivity index (χ4n) is 0.795. The monoisotopic (exact) mass is 181 g/mol. The summed E-state index contributed by atoms with van der Waals surface area (Å²) in [6.45, 7) is 2.31. The zero-order valence-electron chi connectivity index (χ0n) is 6.91. The molecule has 1 aromatic rings. The summed E-state index contributed by atoms with van der Waals surface area (Å²) < 4.78 is 0. The molecule has 0 unspecified atom stereocenters. The molecule has 64 valence electrons. The second-order valence-corrected chi connectivity index (χ2v) is 3.04. The molecule has 1 aromatic carbocycles. The molecule has 0 heterocycles. The number of hydrogen-bond acceptors (Lipinski definition) is 2. The lowest BCUT2D eigenvalue weighted by Gasteiger charge is -2.03. The first kappa shape index (κ1) is 9.16. The van der Waals surface area contributed by atoms with E-state index in [-0.39, 0.29) is 0 Å². The normalized spacial score (nSPS) is 9.42. The van der Waals surface area contributed by atoms with Gasteiger partial charge in [0.15, 0.2) is 0 Å². The van der Waals surface area contributed by atoms with Crippen LogP contribution in [0.4, 0.5) is 0 Å². The van der Waals surface area contributed by atoms with Gasteiger partial charge in [0.2, 0.25) is 0 Å². The van der Waals surface area contributed by atoms with Crippen molar-refractivity contribution < 1.29 is 4.84 Å². The van der Waals surface area contributed by atoms with Gasteiger partial charge < -0.3 is 0 Å². The molecular weight excluding hydrogens is 170 g/mol. The molecule has 1 rings (SSSR count). The van der Waals surface area contributed by atoms with Crippen LogP contribution < -0.4 is 5.48 Å². The van der Waals surface area contributed by atoms with Crippen LogP contribution in [0.2, 0.25) is 0 Å². The largest absolute Gasteiger partial charge is 0.271 e. The lowest BCUT2D eigenvalue weighted by atomic mass is 10.2. The van der Waals surface area contributed by atoms with E-state index in [1.807, 2.05) is 30.3 Å². The first-order chi connectivity index (χ1) is 5.79. The van der Waals surface area contributed by atoms with Gasteiger partial charge in [0.1, 0.15) is 0 Å². The van der Waals surface area contributed by atoms with E-state index < -0.39 is 0 Å². The van der Waals surface area contributed by atoms with Crippen molar-refractivity contribution in [1.29, 1.82) is 0 Å². The maximum absolute atomic E-state index is 5.09. The number of thiocarbonyl (C=S) groups is 1. The van der Waals surface area contributed by atoms with Crippen LogP contribution in [-0.4, -0.2) is 4.99 Å². The Balaban J connectivity index is 2.29. The lowest BCUT2D eigenvalue weighted by Crippen LogP contribution is -2.18. The molecule has 0 spiro atoms. The van der Waals surface area contributed by atoms with Gasteiger partial charge in [-0.05, 0) is 12.5 Å². The molecule has 3 heteroatoms. The summed E-state index contributed by atoms with van der Waals surface area (Å²) in [6, 6.07) is 9.92. The maximum atomic E-state index is 5.09. The molecular formula is C9H11NOS. The van der Waals surface area contributed by atoms with E-state index in [4.69, 9.17) is 17.1 Å². The average Bonchev–Trinajstić information content (AvgIpc) is 2.05. The lowest BCUT2D eigenvalue weighted by molar-refractivity contribution is 0.0725. The van der Waals surface area contributed by atoms with Crippen molar-refractivity contribution in [2.75, 3.05) is 0 Å². The summed E-state index contributed by atoms with van der Waals surface area (Å²) in [5, 5.41) is 0. The highest BCUT2D eigenvalue weighted by Crippen LogP contribution is 1.98. The van der Waals surface area contributed by atoms with E-state index >= 15 is 0 Å². The summed E-state index contributed by atoms with van der Waals surface area (Å²) in [4.78, 5) is 5.73. The second-order valence-electron chi connectivity index (χ2n) is 2.43. The van der Waals surface area contributed by atoms with Gasteiger partial charge in [0.05, 0.1) is 11.6 Å². The Morgan fingerprint density at radius 2 is 2.08 bits per heavy atom. The molecule has 0 saturated carbocycles. The van der Waals surface area contributed by atoms with Gasteiger partial charge >= 0.3 is 0 Å². The summed E-state index contributed by atoms with van der Waals surface area (Å²) in [5.41, 5.74) is 3.75. The summed E-state index contributed by atoms with van der Waals surface area (Å²) >= 11 is 4.77. The molecule has 1 N–H and O–H groups in total. The Morgan fingerprint density at radius 1 is 1.42 bits per heavy atom. The molecule has 0 amide bonds. The molecule has 0 aliphatic rings. The minimum Gasteiger partial charge on any atom is -0.271 e. The summed E-state index contributed by atoms with van der Waals surface area (Å²) in [6.07, 6.45) is 0. The molecule has 12 heavy (non-hydrogen) atoms. The fraction of sp³-hybridized carbons (Fsp3) is 0.222. The molecule has 0 atom stereocenters. The molecule has 0 aromatic heterocycles. The van der Waals surface area contributed by atoms with Gasteiger partial charge in [0.25, 0.3) is 0 Å². The van der Waals surface area contributed by atoms with Crippen LogP contribution in [0.3, 0.4) is 0 Å². The smallest absolute Gasteiger partial charge is 0.0997 e. The highest BCUT2D eigenvalue weighted by molar-refractivity contribution is 7.80. The third-order valence-electron chi connectivity index (χ3n) is 1.30. The standard InChI is InChI=1S/C9H11NOS/c1-8(12)10-11-7-9-5-3-2-4-6-9/h2-6H,7H2,1H3,(H,10,12). The van der Waals surface area contributed by atoms with Crippen LogP contribution in [0.5, 0.6) is 0 Å². The van der Waals surface area contributed by atoms with Crippen LogP contribution in [-0.2, 0) is 11.4 Å². The van der Waals surface area contributed by atoms with E-state index in [2.05, 4.69) is 5.48 Å². The number of hydrogen-bond donors (Lipinski definition) is 1. The Hall–Kier alpha value is -0.930. The van der Waals surface area contributed by atoms with Crippen molar-refractivity contribution in [3.05, 3.63) is 35.9 Å². The number of nitrogens with one attached hydrogen (secondary N) is 1. The van der Waals surface area contributed by atoms with Crippen LogP contribution in [0.15, 0.2) is 30.3 Å². The Bertz CT molecular complexity index is 248. The first-order valence-electron chi connectivity index (χ1n) is 3.71. The van der Waals surface area contributed by atoms with E-state index in [9.17, 15) is 0 Å². The van der Waals surface area contributed by atoms with Crippen molar-refractivity contribution in [2.24, 2.45) is 0 Å². The van der Waals surface area contributed by atoms with Crippen LogP contribution in [0.25, 0.3) is 0 Å². The van der Waals surface area contributed by atoms with Gasteiger partial charge in [-0.3, -0.25) is 10.3 Å². The van der Waals surface area contributed by atoms with Crippen LogP contribution in [0, 0.1) is 0 Å². The van der Waals surface area contributed by atoms with Gasteiger partial charge in [-0.25, -0.2) is 0 Å². The molecule has 0 aliphatic heterocycles. The third kappa shape index (κ3) is 3.46. The van der Waals surface area contributed by atoms with E-state index in [1.54, 1.807) is 6.92 Å². The summed E-state index contributed by atoms with van der Waals surface area (Å²) in [5.74, 6) is 0. The third-order valence-corrected chi connectivity index (χ3v) is 1.38. The molecule has 0 bridgehead atoms. The van der Waals surface area contributed by atoms with Crippen LogP contribution >= 0.6 is 12.2 Å². The van der Waals surface area contributed by atoms with E-state index in [1.165, 1.54) is 0 Å². The minimum absolute atomic E-state index is 0.537. The number of benzene rings is 1. The average molecular weight is 181 g/mol. The second kappa shape index (κ2) is 4.85. The molecule has 0 fully saturated rings. The van der Waals surface area contributed by atoms with Crippen molar-refractivity contribution in [3.63, 3.8) is 0 Å². The van der Waals surface area contributed by atoms with E-state index in [0.717, 1.165) is 5.56 Å². The topological polar surface area (TPSA) is 21.3 Å². The van der Waals surface area contributed by atoms with E-state index in [0.29, 0.717) is 11.6 Å². The zero-order chi connectivity index (χ0) is 8.81. The first-order valence-corrected chi connectivity index (χ1v) is 4.12. The number of rotatable bonds is 3. The number of hydroxylamine groups is 1. The zero-order valence-corrected chi connectivity index (χ0v) is 7.73. The fourth-order valence-corrected chi connectivity index (χ4v) is 0.854. The molecule has 2 nitrogen and oxygen atoms in total. The Kier molecular flexibility index (Phi) is 3.70. The quantitative estimate of drug-likeness (QED) is 0.569. The molecule has 0 aliphatic carbocycles. The molecule has 0 saturated heterocycles. The van der Waals surface area contributed by atoms with Gasteiger partial charge in [-0.2, -0.15) is 0 Å². The van der Waals surface area contributed by atoms with Crippen molar-refractivity contribution in [3.8, 4) is 0 Å². The Labute approximate surface area is 77.5 Å². The molecule has 0 radical (unpaired) electrons. The summed E-state index contributed by atoms with van der Waals surface area (Å²) in [7, 11) is 0. The van der Waals surface area contributed by atoms with Crippen LogP contribution in [0.1, 0.15) is 12.5 Å².